The molecule has 1 saturated heterocycles. The maximum absolute atomic E-state index is 12.1. The third-order valence-electron chi connectivity index (χ3n) is 3.36. The number of hydrogen-bond donors (Lipinski definition) is 2. The summed E-state index contributed by atoms with van der Waals surface area (Å²) in [4.78, 5) is 10.8. The molecular weight excluding hydrogens is 284 g/mol. The molecule has 0 radical (unpaired) electrons. The van der Waals surface area contributed by atoms with Crippen LogP contribution in [0, 0.1) is 5.92 Å². The highest BCUT2D eigenvalue weighted by molar-refractivity contribution is 7.87. The Kier molecular flexibility index (Phi) is 5.93. The number of hydrogen-bond acceptors (Lipinski definition) is 4. The molecular formula is C12H24N2O5S. The molecule has 1 aliphatic rings. The zero-order valence-corrected chi connectivity index (χ0v) is 13.1. The van der Waals surface area contributed by atoms with Gasteiger partial charge in [-0.05, 0) is 33.6 Å². The second-order valence-electron chi connectivity index (χ2n) is 5.53. The zero-order valence-electron chi connectivity index (χ0n) is 12.3. The summed E-state index contributed by atoms with van der Waals surface area (Å²) >= 11 is 0. The van der Waals surface area contributed by atoms with E-state index in [4.69, 9.17) is 9.84 Å². The van der Waals surface area contributed by atoms with Crippen molar-refractivity contribution in [2.75, 3.05) is 26.2 Å². The molecule has 0 spiro atoms. The lowest BCUT2D eigenvalue weighted by Gasteiger charge is -2.31. The number of piperidine rings is 1. The molecule has 1 heterocycles. The minimum absolute atomic E-state index is 0.183. The van der Waals surface area contributed by atoms with E-state index in [1.807, 2.05) is 20.8 Å². The lowest BCUT2D eigenvalue weighted by atomic mass is 9.99. The van der Waals surface area contributed by atoms with Gasteiger partial charge in [0.15, 0.2) is 0 Å². The predicted molar refractivity (Wildman–Crippen MR) is 74.6 cm³/mol. The fourth-order valence-electron chi connectivity index (χ4n) is 2.14. The summed E-state index contributed by atoms with van der Waals surface area (Å²) < 4.78 is 33.5. The van der Waals surface area contributed by atoms with Crippen molar-refractivity contribution in [3.63, 3.8) is 0 Å². The molecule has 2 N–H and O–H groups in total. The maximum atomic E-state index is 12.1. The first kappa shape index (κ1) is 17.4. The average Bonchev–Trinajstić information content (AvgIpc) is 2.37. The van der Waals surface area contributed by atoms with E-state index < -0.39 is 27.7 Å². The number of nitrogens with one attached hydrogen (secondary N) is 1. The van der Waals surface area contributed by atoms with Crippen molar-refractivity contribution in [3.05, 3.63) is 0 Å². The molecule has 1 rings (SSSR count). The van der Waals surface area contributed by atoms with E-state index in [0.29, 0.717) is 19.4 Å². The topological polar surface area (TPSA) is 95.9 Å². The predicted octanol–water partition coefficient (Wildman–Crippen LogP) is 0.433. The highest BCUT2D eigenvalue weighted by Crippen LogP contribution is 2.19. The average molecular weight is 308 g/mol. The molecule has 0 bridgehead atoms. The molecule has 7 nitrogen and oxygen atoms in total. The molecule has 8 heteroatoms. The largest absolute Gasteiger partial charge is 0.481 e. The van der Waals surface area contributed by atoms with Gasteiger partial charge in [0.25, 0.3) is 10.2 Å². The Balaban J connectivity index is 2.52. The Morgan fingerprint density at radius 3 is 2.40 bits per heavy atom. The number of carboxylic acids is 1. The highest BCUT2D eigenvalue weighted by atomic mass is 32.2. The van der Waals surface area contributed by atoms with Crippen LogP contribution in [-0.2, 0) is 19.7 Å². The number of aliphatic carboxylic acids is 1. The summed E-state index contributed by atoms with van der Waals surface area (Å²) in [7, 11) is -3.57. The van der Waals surface area contributed by atoms with E-state index in [1.165, 1.54) is 4.31 Å². The van der Waals surface area contributed by atoms with Gasteiger partial charge in [0.2, 0.25) is 0 Å². The molecule has 1 fully saturated rings. The Labute approximate surface area is 120 Å². The summed E-state index contributed by atoms with van der Waals surface area (Å²) in [6.07, 6.45) is 0.705. The van der Waals surface area contributed by atoms with E-state index in [0.717, 1.165) is 0 Å². The third kappa shape index (κ3) is 5.01. The molecule has 0 saturated carbocycles. The summed E-state index contributed by atoms with van der Waals surface area (Å²) in [5.74, 6) is -1.30. The van der Waals surface area contributed by atoms with Crippen LogP contribution >= 0.6 is 0 Å². The Hall–Kier alpha value is -0.700. The number of rotatable bonds is 7. The fourth-order valence-corrected chi connectivity index (χ4v) is 3.55. The van der Waals surface area contributed by atoms with Crippen molar-refractivity contribution in [1.29, 1.82) is 0 Å². The summed E-state index contributed by atoms with van der Waals surface area (Å²) in [6, 6.07) is 0. The van der Waals surface area contributed by atoms with Crippen LogP contribution in [0.15, 0.2) is 0 Å². The van der Waals surface area contributed by atoms with E-state index >= 15 is 0 Å². The first-order valence-electron chi connectivity index (χ1n) is 6.79. The molecule has 0 aliphatic carbocycles. The fraction of sp³-hybridized carbons (Fsp3) is 0.917. The van der Waals surface area contributed by atoms with Gasteiger partial charge in [-0.2, -0.15) is 17.4 Å². The van der Waals surface area contributed by atoms with Gasteiger partial charge in [0.1, 0.15) is 0 Å². The number of ether oxygens (including phenoxy) is 1. The summed E-state index contributed by atoms with van der Waals surface area (Å²) in [5, 5.41) is 8.90. The van der Waals surface area contributed by atoms with Crippen molar-refractivity contribution in [2.45, 2.75) is 39.2 Å². The van der Waals surface area contributed by atoms with Gasteiger partial charge in [-0.15, -0.1) is 0 Å². The molecule has 0 unspecified atom stereocenters. The van der Waals surface area contributed by atoms with Crippen LogP contribution in [0.1, 0.15) is 33.6 Å². The minimum atomic E-state index is -3.57. The normalized spacial score (nSPS) is 19.1. The first-order chi connectivity index (χ1) is 9.18. The van der Waals surface area contributed by atoms with Crippen LogP contribution in [-0.4, -0.2) is 55.6 Å². The standard InChI is InChI=1S/C12H24N2O5S/c1-4-19-12(2,3)9-13-20(17,18)14-7-5-10(6-8-14)11(15)16/h10,13H,4-9H2,1-3H3,(H,15,16). The van der Waals surface area contributed by atoms with Crippen molar-refractivity contribution in [3.8, 4) is 0 Å². The zero-order chi connectivity index (χ0) is 15.4. The molecule has 0 amide bonds. The number of nitrogens with zero attached hydrogens (tertiary/aromatic N) is 1. The van der Waals surface area contributed by atoms with E-state index in [2.05, 4.69) is 4.72 Å². The second-order valence-corrected chi connectivity index (χ2v) is 7.29. The van der Waals surface area contributed by atoms with Gasteiger partial charge >= 0.3 is 5.97 Å². The quantitative estimate of drug-likeness (QED) is 0.711. The Bertz CT molecular complexity index is 427. The number of carboxylic acid groups (broad SMARTS) is 1. The maximum Gasteiger partial charge on any atom is 0.306 e. The van der Waals surface area contributed by atoms with Gasteiger partial charge < -0.3 is 9.84 Å². The van der Waals surface area contributed by atoms with Crippen molar-refractivity contribution >= 4 is 16.2 Å². The lowest BCUT2D eigenvalue weighted by Crippen LogP contribution is -2.49. The molecule has 118 valence electrons. The van der Waals surface area contributed by atoms with Gasteiger partial charge in [0, 0.05) is 26.2 Å². The molecule has 0 atom stereocenters. The second kappa shape index (κ2) is 6.84. The highest BCUT2D eigenvalue weighted by Gasteiger charge is 2.32. The van der Waals surface area contributed by atoms with Crippen molar-refractivity contribution in [2.24, 2.45) is 5.92 Å². The van der Waals surface area contributed by atoms with Crippen LogP contribution in [0.25, 0.3) is 0 Å². The first-order valence-corrected chi connectivity index (χ1v) is 8.23. The van der Waals surface area contributed by atoms with Crippen LogP contribution < -0.4 is 4.72 Å². The molecule has 0 aromatic carbocycles. The smallest absolute Gasteiger partial charge is 0.306 e. The number of carbonyl (C=O) groups is 1. The van der Waals surface area contributed by atoms with Crippen LogP contribution in [0.4, 0.5) is 0 Å². The monoisotopic (exact) mass is 308 g/mol. The van der Waals surface area contributed by atoms with Crippen molar-refractivity contribution in [1.82, 2.24) is 9.03 Å². The van der Waals surface area contributed by atoms with Crippen LogP contribution in [0.3, 0.4) is 0 Å². The summed E-state index contributed by atoms with van der Waals surface area (Å²) in [5.41, 5.74) is -0.568. The van der Waals surface area contributed by atoms with Crippen LogP contribution in [0.2, 0.25) is 0 Å². The van der Waals surface area contributed by atoms with Gasteiger partial charge in [-0.3, -0.25) is 4.79 Å². The van der Waals surface area contributed by atoms with Gasteiger partial charge in [0.05, 0.1) is 11.5 Å². The lowest BCUT2D eigenvalue weighted by molar-refractivity contribution is -0.142. The molecule has 1 aliphatic heterocycles. The third-order valence-corrected chi connectivity index (χ3v) is 4.91. The Morgan fingerprint density at radius 1 is 1.40 bits per heavy atom. The van der Waals surface area contributed by atoms with Crippen LogP contribution in [0.5, 0.6) is 0 Å². The SMILES string of the molecule is CCOC(C)(C)CNS(=O)(=O)N1CCC(C(=O)O)CC1. The molecule has 20 heavy (non-hydrogen) atoms. The van der Waals surface area contributed by atoms with E-state index in [1.54, 1.807) is 0 Å². The van der Waals surface area contributed by atoms with Gasteiger partial charge in [-0.1, -0.05) is 0 Å². The molecule has 0 aromatic rings. The Morgan fingerprint density at radius 2 is 1.95 bits per heavy atom. The summed E-state index contributed by atoms with van der Waals surface area (Å²) in [6.45, 7) is 6.65. The minimum Gasteiger partial charge on any atom is -0.481 e. The van der Waals surface area contributed by atoms with Crippen molar-refractivity contribution < 1.29 is 23.1 Å². The van der Waals surface area contributed by atoms with Gasteiger partial charge in [-0.25, -0.2) is 0 Å². The molecule has 0 aromatic heterocycles. The van der Waals surface area contributed by atoms with E-state index in [-0.39, 0.29) is 19.6 Å². The van der Waals surface area contributed by atoms with E-state index in [9.17, 15) is 13.2 Å².